The van der Waals surface area contributed by atoms with Crippen molar-refractivity contribution in [2.24, 2.45) is 0 Å². The van der Waals surface area contributed by atoms with Crippen LogP contribution in [0.15, 0.2) is 58.8 Å². The van der Waals surface area contributed by atoms with Crippen LogP contribution in [-0.4, -0.2) is 43.8 Å². The number of anilines is 1. The zero-order valence-electron chi connectivity index (χ0n) is 16.8. The number of nitro benzene ring substituents is 1. The minimum Gasteiger partial charge on any atom is -0.496 e. The van der Waals surface area contributed by atoms with Gasteiger partial charge in [-0.25, -0.2) is 13.4 Å². The van der Waals surface area contributed by atoms with Crippen LogP contribution in [0.1, 0.15) is 12.8 Å². The highest BCUT2D eigenvalue weighted by Crippen LogP contribution is 2.35. The molecule has 0 amide bonds. The largest absolute Gasteiger partial charge is 0.496 e. The third-order valence-corrected chi connectivity index (χ3v) is 8.54. The van der Waals surface area contributed by atoms with Gasteiger partial charge in [-0.15, -0.1) is 11.3 Å². The fraction of sp³-hybridized carbons (Fsp3) is 0.286. The van der Waals surface area contributed by atoms with Crippen LogP contribution in [0.2, 0.25) is 0 Å². The van der Waals surface area contributed by atoms with E-state index in [4.69, 9.17) is 9.72 Å². The second-order valence-electron chi connectivity index (χ2n) is 7.20. The van der Waals surface area contributed by atoms with Crippen molar-refractivity contribution in [1.29, 1.82) is 0 Å². The van der Waals surface area contributed by atoms with E-state index in [0.29, 0.717) is 25.9 Å². The maximum absolute atomic E-state index is 13.0. The highest BCUT2D eigenvalue weighted by molar-refractivity contribution is 7.92. The Balaban J connectivity index is 1.47. The Kier molecular flexibility index (Phi) is 5.92. The van der Waals surface area contributed by atoms with E-state index in [-0.39, 0.29) is 10.6 Å². The Labute approximate surface area is 184 Å². The number of para-hydroxylation sites is 1. The van der Waals surface area contributed by atoms with E-state index < -0.39 is 20.0 Å². The molecule has 1 aliphatic rings. The van der Waals surface area contributed by atoms with Crippen LogP contribution in [0, 0.1) is 10.1 Å². The van der Waals surface area contributed by atoms with Gasteiger partial charge in [0.2, 0.25) is 0 Å². The molecular formula is C21H21N3O5S2. The van der Waals surface area contributed by atoms with Crippen molar-refractivity contribution in [2.75, 3.05) is 25.1 Å². The lowest BCUT2D eigenvalue weighted by molar-refractivity contribution is -0.385. The van der Waals surface area contributed by atoms with E-state index in [1.165, 1.54) is 29.5 Å². The molecule has 0 saturated carbocycles. The highest BCUT2D eigenvalue weighted by Gasteiger charge is 2.33. The maximum Gasteiger partial charge on any atom is 0.270 e. The summed E-state index contributed by atoms with van der Waals surface area (Å²) in [6, 6.07) is 13.0. The molecule has 1 fully saturated rings. The molecule has 1 aromatic heterocycles. The summed E-state index contributed by atoms with van der Waals surface area (Å²) in [6.45, 7) is 1.11. The molecule has 162 valence electrons. The van der Waals surface area contributed by atoms with E-state index in [0.717, 1.165) is 28.2 Å². The molecule has 0 atom stereocenters. The van der Waals surface area contributed by atoms with Gasteiger partial charge in [0.15, 0.2) is 15.0 Å². The van der Waals surface area contributed by atoms with Crippen LogP contribution in [0.5, 0.6) is 5.75 Å². The van der Waals surface area contributed by atoms with Crippen LogP contribution >= 0.6 is 11.3 Å². The van der Waals surface area contributed by atoms with Crippen LogP contribution < -0.4 is 9.64 Å². The van der Waals surface area contributed by atoms with Gasteiger partial charge in [-0.1, -0.05) is 18.2 Å². The summed E-state index contributed by atoms with van der Waals surface area (Å²) in [5.74, 6) is 0.751. The van der Waals surface area contributed by atoms with E-state index in [9.17, 15) is 18.5 Å². The van der Waals surface area contributed by atoms with Crippen molar-refractivity contribution in [3.8, 4) is 17.0 Å². The summed E-state index contributed by atoms with van der Waals surface area (Å²) >= 11 is 1.52. The van der Waals surface area contributed by atoms with Crippen molar-refractivity contribution in [2.45, 2.75) is 23.0 Å². The number of sulfone groups is 1. The van der Waals surface area contributed by atoms with E-state index >= 15 is 0 Å². The fourth-order valence-corrected chi connectivity index (χ4v) is 6.36. The average Bonchev–Trinajstić information content (AvgIpc) is 3.29. The third-order valence-electron chi connectivity index (χ3n) is 5.38. The molecule has 0 N–H and O–H groups in total. The first-order chi connectivity index (χ1) is 14.9. The molecule has 8 nitrogen and oxygen atoms in total. The van der Waals surface area contributed by atoms with E-state index in [1.807, 2.05) is 29.6 Å². The molecule has 0 aliphatic carbocycles. The summed E-state index contributed by atoms with van der Waals surface area (Å²) < 4.78 is 31.4. The monoisotopic (exact) mass is 459 g/mol. The molecule has 10 heteroatoms. The topological polar surface area (TPSA) is 103 Å². The number of nitro groups is 1. The standard InChI is InChI=1S/C21H21N3O5S2/c1-29-20-8-3-2-7-18(20)19-14-30-21(22-19)23-11-9-16(10-12-23)31(27,28)17-6-4-5-15(13-17)24(25)26/h2-8,13-14,16H,9-12H2,1H3. The quantitative estimate of drug-likeness (QED) is 0.403. The number of piperidine rings is 1. The summed E-state index contributed by atoms with van der Waals surface area (Å²) in [5, 5.41) is 13.2. The summed E-state index contributed by atoms with van der Waals surface area (Å²) in [6.07, 6.45) is 0.878. The second kappa shape index (κ2) is 8.64. The van der Waals surface area contributed by atoms with Gasteiger partial charge in [-0.2, -0.15) is 0 Å². The van der Waals surface area contributed by atoms with Crippen molar-refractivity contribution in [1.82, 2.24) is 4.98 Å². The summed E-state index contributed by atoms with van der Waals surface area (Å²) in [5.41, 5.74) is 1.52. The van der Waals surface area contributed by atoms with Gasteiger partial charge >= 0.3 is 0 Å². The van der Waals surface area contributed by atoms with Crippen molar-refractivity contribution in [3.63, 3.8) is 0 Å². The number of thiazole rings is 1. The second-order valence-corrected chi connectivity index (χ2v) is 10.3. The highest BCUT2D eigenvalue weighted by atomic mass is 32.2. The van der Waals surface area contributed by atoms with E-state index in [2.05, 4.69) is 4.90 Å². The van der Waals surface area contributed by atoms with Crippen molar-refractivity contribution < 1.29 is 18.1 Å². The van der Waals surface area contributed by atoms with Gasteiger partial charge in [0.25, 0.3) is 5.69 Å². The summed E-state index contributed by atoms with van der Waals surface area (Å²) in [4.78, 5) is 17.2. The normalized spacial score (nSPS) is 15.1. The number of aromatic nitrogens is 1. The molecule has 0 radical (unpaired) electrons. The zero-order valence-corrected chi connectivity index (χ0v) is 18.4. The number of non-ortho nitro benzene ring substituents is 1. The molecule has 1 saturated heterocycles. The van der Waals surface area contributed by atoms with Gasteiger partial charge in [0.05, 0.1) is 27.9 Å². The minimum absolute atomic E-state index is 0.00728. The van der Waals surface area contributed by atoms with Crippen molar-refractivity contribution in [3.05, 3.63) is 64.0 Å². The number of methoxy groups -OCH3 is 1. The van der Waals surface area contributed by atoms with Gasteiger partial charge in [-0.3, -0.25) is 10.1 Å². The van der Waals surface area contributed by atoms with Crippen LogP contribution in [0.3, 0.4) is 0 Å². The van der Waals surface area contributed by atoms with Gasteiger partial charge in [-0.05, 0) is 31.0 Å². The smallest absolute Gasteiger partial charge is 0.270 e. The maximum atomic E-state index is 13.0. The lowest BCUT2D eigenvalue weighted by Gasteiger charge is -2.31. The van der Waals surface area contributed by atoms with Crippen LogP contribution in [0.4, 0.5) is 10.8 Å². The first-order valence-electron chi connectivity index (χ1n) is 9.72. The molecule has 2 heterocycles. The van der Waals surface area contributed by atoms with E-state index in [1.54, 1.807) is 7.11 Å². The molecular weight excluding hydrogens is 438 g/mol. The first-order valence-corrected chi connectivity index (χ1v) is 12.1. The SMILES string of the molecule is COc1ccccc1-c1csc(N2CCC(S(=O)(=O)c3cccc([N+](=O)[O-])c3)CC2)n1. The number of rotatable bonds is 6. The number of ether oxygens (including phenoxy) is 1. The average molecular weight is 460 g/mol. The number of hydrogen-bond donors (Lipinski definition) is 0. The molecule has 0 bridgehead atoms. The summed E-state index contributed by atoms with van der Waals surface area (Å²) in [7, 11) is -2.01. The zero-order chi connectivity index (χ0) is 22.0. The lowest BCUT2D eigenvalue weighted by Crippen LogP contribution is -2.39. The Bertz CT molecular complexity index is 1200. The Morgan fingerprint density at radius 2 is 1.90 bits per heavy atom. The molecule has 2 aromatic carbocycles. The minimum atomic E-state index is -3.64. The van der Waals surface area contributed by atoms with Crippen LogP contribution in [-0.2, 0) is 9.84 Å². The molecule has 4 rings (SSSR count). The Morgan fingerprint density at radius 1 is 1.16 bits per heavy atom. The Morgan fingerprint density at radius 3 is 2.61 bits per heavy atom. The van der Waals surface area contributed by atoms with Crippen LogP contribution in [0.25, 0.3) is 11.3 Å². The molecule has 31 heavy (non-hydrogen) atoms. The predicted molar refractivity (Wildman–Crippen MR) is 120 cm³/mol. The first kappa shape index (κ1) is 21.3. The molecule has 3 aromatic rings. The number of benzene rings is 2. The molecule has 1 aliphatic heterocycles. The fourth-order valence-electron chi connectivity index (χ4n) is 3.71. The Hall–Kier alpha value is -2.98. The van der Waals surface area contributed by atoms with Crippen molar-refractivity contribution >= 4 is 32.0 Å². The van der Waals surface area contributed by atoms with Gasteiger partial charge in [0, 0.05) is 36.2 Å². The van der Waals surface area contributed by atoms with Gasteiger partial charge in [0.1, 0.15) is 5.75 Å². The third kappa shape index (κ3) is 4.26. The molecule has 0 unspecified atom stereocenters. The number of nitrogens with zero attached hydrogens (tertiary/aromatic N) is 3. The van der Waals surface area contributed by atoms with Gasteiger partial charge < -0.3 is 9.64 Å². The predicted octanol–water partition coefficient (Wildman–Crippen LogP) is 4.17. The molecule has 0 spiro atoms. The number of hydrogen-bond acceptors (Lipinski definition) is 8. The lowest BCUT2D eigenvalue weighted by atomic mass is 10.1.